The lowest BCUT2D eigenvalue weighted by Crippen LogP contribution is -2.56. The van der Waals surface area contributed by atoms with Gasteiger partial charge in [-0.15, -0.1) is 0 Å². The van der Waals surface area contributed by atoms with Gasteiger partial charge in [-0.2, -0.15) is 5.10 Å². The van der Waals surface area contributed by atoms with Gasteiger partial charge in [0.1, 0.15) is 23.3 Å². The van der Waals surface area contributed by atoms with Crippen LogP contribution in [0.2, 0.25) is 0 Å². The average Bonchev–Trinajstić information content (AvgIpc) is 3.15. The number of carbonyl (C=O) groups is 2. The fourth-order valence-corrected chi connectivity index (χ4v) is 3.71. The van der Waals surface area contributed by atoms with Crippen molar-refractivity contribution >= 4 is 27.9 Å². The first kappa shape index (κ1) is 26.8. The lowest BCUT2D eigenvalue weighted by Gasteiger charge is -2.29. The van der Waals surface area contributed by atoms with Crippen LogP contribution in [-0.2, 0) is 22.5 Å². The van der Waals surface area contributed by atoms with Crippen molar-refractivity contribution in [1.82, 2.24) is 25.4 Å². The molecule has 33 heavy (non-hydrogen) atoms. The van der Waals surface area contributed by atoms with Crippen molar-refractivity contribution < 1.29 is 19.4 Å². The number of carbonyl (C=O) groups excluding carboxylic acids is 2. The average molecular weight is 524 g/mol. The Morgan fingerprint density at radius 3 is 2.55 bits per heavy atom. The monoisotopic (exact) mass is 523 g/mol. The first-order valence-corrected chi connectivity index (χ1v) is 11.8. The van der Waals surface area contributed by atoms with E-state index in [-0.39, 0.29) is 19.1 Å². The van der Waals surface area contributed by atoms with E-state index in [0.29, 0.717) is 12.2 Å². The maximum absolute atomic E-state index is 13.1. The number of aryl methyl sites for hydroxylation is 1. The van der Waals surface area contributed by atoms with Crippen molar-refractivity contribution in [2.45, 2.75) is 77.6 Å². The van der Waals surface area contributed by atoms with Gasteiger partial charge in [0.05, 0.1) is 19.2 Å². The summed E-state index contributed by atoms with van der Waals surface area (Å²) in [6.07, 6.45) is 2.92. The smallest absolute Gasteiger partial charge is 0.408 e. The number of aliphatic hydroxyl groups is 1. The molecule has 1 aromatic carbocycles. The van der Waals surface area contributed by atoms with Gasteiger partial charge < -0.3 is 20.5 Å². The second-order valence-corrected chi connectivity index (χ2v) is 10.2. The summed E-state index contributed by atoms with van der Waals surface area (Å²) in [5, 5.41) is 19.2. The topological polar surface area (TPSA) is 118 Å². The third-order valence-corrected chi connectivity index (χ3v) is 5.63. The third kappa shape index (κ3) is 8.43. The van der Waals surface area contributed by atoms with E-state index in [9.17, 15) is 14.7 Å². The Morgan fingerprint density at radius 2 is 1.91 bits per heavy atom. The van der Waals surface area contributed by atoms with Crippen LogP contribution < -0.4 is 10.6 Å². The molecule has 182 valence electrons. The third-order valence-electron chi connectivity index (χ3n) is 4.85. The lowest BCUT2D eigenvalue weighted by atomic mass is 10.0. The predicted molar refractivity (Wildman–Crippen MR) is 129 cm³/mol. The van der Waals surface area contributed by atoms with Crippen molar-refractivity contribution in [3.63, 3.8) is 0 Å². The van der Waals surface area contributed by atoms with Crippen molar-refractivity contribution in [1.29, 1.82) is 0 Å². The summed E-state index contributed by atoms with van der Waals surface area (Å²) in [7, 11) is 0. The van der Waals surface area contributed by atoms with Crippen LogP contribution in [0.1, 0.15) is 64.9 Å². The van der Waals surface area contributed by atoms with Gasteiger partial charge in [0.25, 0.3) is 0 Å². The van der Waals surface area contributed by atoms with Gasteiger partial charge in [-0.3, -0.25) is 4.79 Å². The van der Waals surface area contributed by atoms with E-state index < -0.39 is 23.3 Å². The summed E-state index contributed by atoms with van der Waals surface area (Å²) in [5.74, 6) is 0.176. The van der Waals surface area contributed by atoms with Gasteiger partial charge >= 0.3 is 6.09 Å². The highest BCUT2D eigenvalue weighted by Crippen LogP contribution is 2.23. The molecular weight excluding hydrogens is 490 g/mol. The fraction of sp³-hybridized carbons (Fsp3) is 0.565. The molecule has 0 fully saturated rings. The maximum Gasteiger partial charge on any atom is 0.408 e. The predicted octanol–water partition coefficient (Wildman–Crippen LogP) is 3.52. The van der Waals surface area contributed by atoms with Crippen molar-refractivity contribution in [3.05, 3.63) is 46.5 Å². The molecule has 10 heteroatoms. The molecule has 1 unspecified atom stereocenters. The van der Waals surface area contributed by atoms with Crippen LogP contribution in [0.4, 0.5) is 4.79 Å². The minimum Gasteiger partial charge on any atom is -0.444 e. The molecule has 0 bridgehead atoms. The van der Waals surface area contributed by atoms with E-state index >= 15 is 0 Å². The summed E-state index contributed by atoms with van der Waals surface area (Å²) in [6.45, 7) is 8.68. The standard InChI is InChI=1S/C23H34BrN5O4/c1-22(2,3)33-21(32)28-23(4,5)20(31)27-18(19-25-15-26-29(19)13-14-30)12-8-10-16-9-6-7-11-17(16)24/h6-7,9,11,15,18,30H,8,10,12-14H2,1-5H3,(H,27,31)(H,28,32). The quantitative estimate of drug-likeness (QED) is 0.438. The SMILES string of the molecule is CC(C)(C)OC(=O)NC(C)(C)C(=O)NC(CCCc1ccccc1Br)c1ncnn1CCO. The first-order valence-electron chi connectivity index (χ1n) is 11.0. The van der Waals surface area contributed by atoms with Gasteiger partial charge in [0.2, 0.25) is 5.91 Å². The van der Waals surface area contributed by atoms with Crippen molar-refractivity contribution in [2.75, 3.05) is 6.61 Å². The van der Waals surface area contributed by atoms with Crippen LogP contribution in [0, 0.1) is 0 Å². The number of aliphatic hydroxyl groups excluding tert-OH is 1. The lowest BCUT2D eigenvalue weighted by molar-refractivity contribution is -0.127. The van der Waals surface area contributed by atoms with Crippen LogP contribution in [0.15, 0.2) is 35.1 Å². The number of amides is 2. The van der Waals surface area contributed by atoms with E-state index in [0.717, 1.165) is 17.3 Å². The van der Waals surface area contributed by atoms with E-state index in [4.69, 9.17) is 4.74 Å². The van der Waals surface area contributed by atoms with Crippen LogP contribution in [0.5, 0.6) is 0 Å². The van der Waals surface area contributed by atoms with Crippen LogP contribution in [0.3, 0.4) is 0 Å². The Morgan fingerprint density at radius 1 is 1.21 bits per heavy atom. The molecule has 0 saturated heterocycles. The molecule has 3 N–H and O–H groups in total. The highest BCUT2D eigenvalue weighted by atomic mass is 79.9. The number of halogens is 1. The highest BCUT2D eigenvalue weighted by Gasteiger charge is 2.34. The molecule has 1 aromatic heterocycles. The number of aromatic nitrogens is 3. The zero-order valence-corrected chi connectivity index (χ0v) is 21.5. The van der Waals surface area contributed by atoms with Crippen LogP contribution in [-0.4, -0.2) is 49.6 Å². The molecule has 2 rings (SSSR count). The summed E-state index contributed by atoms with van der Waals surface area (Å²) in [4.78, 5) is 29.7. The molecule has 0 aliphatic rings. The number of hydrogen-bond donors (Lipinski definition) is 3. The number of alkyl carbamates (subject to hydrolysis) is 1. The molecule has 0 saturated carbocycles. The van der Waals surface area contributed by atoms with Gasteiger partial charge in [-0.05, 0) is 65.5 Å². The highest BCUT2D eigenvalue weighted by molar-refractivity contribution is 9.10. The number of benzene rings is 1. The van der Waals surface area contributed by atoms with E-state index in [2.05, 4.69) is 42.7 Å². The van der Waals surface area contributed by atoms with Gasteiger partial charge in [-0.25, -0.2) is 14.5 Å². The van der Waals surface area contributed by atoms with Gasteiger partial charge in [-0.1, -0.05) is 34.1 Å². The van der Waals surface area contributed by atoms with E-state index in [1.807, 2.05) is 18.2 Å². The van der Waals surface area contributed by atoms with Crippen LogP contribution >= 0.6 is 15.9 Å². The molecule has 1 atom stereocenters. The first-order chi connectivity index (χ1) is 15.4. The molecule has 0 spiro atoms. The largest absolute Gasteiger partial charge is 0.444 e. The minimum atomic E-state index is -1.22. The zero-order chi connectivity index (χ0) is 24.6. The molecule has 9 nitrogen and oxygen atoms in total. The second-order valence-electron chi connectivity index (χ2n) is 9.33. The Bertz CT molecular complexity index is 939. The minimum absolute atomic E-state index is 0.0975. The van der Waals surface area contributed by atoms with E-state index in [1.165, 1.54) is 11.9 Å². The fourth-order valence-electron chi connectivity index (χ4n) is 3.23. The molecular formula is C23H34BrN5O4. The summed E-state index contributed by atoms with van der Waals surface area (Å²) < 4.78 is 7.91. The molecule has 2 aromatic rings. The molecule has 2 amide bonds. The Kier molecular flexibility index (Phi) is 9.42. The molecule has 0 aliphatic carbocycles. The number of nitrogens with zero attached hydrogens (tertiary/aromatic N) is 3. The molecule has 0 aliphatic heterocycles. The van der Waals surface area contributed by atoms with Crippen LogP contribution in [0.25, 0.3) is 0 Å². The number of hydrogen-bond acceptors (Lipinski definition) is 6. The zero-order valence-electron chi connectivity index (χ0n) is 19.9. The second kappa shape index (κ2) is 11.6. The summed E-state index contributed by atoms with van der Waals surface area (Å²) in [6, 6.07) is 7.56. The van der Waals surface area contributed by atoms with Gasteiger partial charge in [0, 0.05) is 4.47 Å². The van der Waals surface area contributed by atoms with E-state index in [1.54, 1.807) is 39.3 Å². The Hall–Kier alpha value is -2.46. The molecule has 1 heterocycles. The van der Waals surface area contributed by atoms with Crippen molar-refractivity contribution in [2.24, 2.45) is 0 Å². The maximum atomic E-state index is 13.1. The number of rotatable bonds is 10. The number of ether oxygens (including phenoxy) is 1. The van der Waals surface area contributed by atoms with Crippen molar-refractivity contribution in [3.8, 4) is 0 Å². The Balaban J connectivity index is 2.13. The summed E-state index contributed by atoms with van der Waals surface area (Å²) in [5.41, 5.74) is -0.720. The van der Waals surface area contributed by atoms with Gasteiger partial charge in [0.15, 0.2) is 0 Å². The Labute approximate surface area is 203 Å². The number of nitrogens with one attached hydrogen (secondary N) is 2. The normalized spacial score (nSPS) is 12.8. The summed E-state index contributed by atoms with van der Waals surface area (Å²) >= 11 is 3.57. The molecule has 0 radical (unpaired) electrons.